The van der Waals surface area contributed by atoms with E-state index in [9.17, 15) is 37.3 Å². The van der Waals surface area contributed by atoms with Crippen LogP contribution in [0.15, 0.2) is 5.16 Å². The Morgan fingerprint density at radius 1 is 1.03 bits per heavy atom. The predicted octanol–water partition coefficient (Wildman–Crippen LogP) is -0.963. The fourth-order valence-electron chi connectivity index (χ4n) is 3.14. The first-order valence-electron chi connectivity index (χ1n) is 9.67. The van der Waals surface area contributed by atoms with Crippen LogP contribution in [0.3, 0.4) is 0 Å². The summed E-state index contributed by atoms with van der Waals surface area (Å²) in [7, 11) is -7.96. The van der Waals surface area contributed by atoms with Crippen molar-refractivity contribution in [1.29, 1.82) is 0 Å². The lowest BCUT2D eigenvalue weighted by Gasteiger charge is -2.46. The van der Waals surface area contributed by atoms with Crippen LogP contribution < -0.4 is 0 Å². The molecular formula is C16H31NO11S3. The summed E-state index contributed by atoms with van der Waals surface area (Å²) in [6.45, 7) is -0.729. The number of sulfone groups is 1. The number of hydrogen-bond donors (Lipinski definition) is 6. The molecule has 0 spiro atoms. The summed E-state index contributed by atoms with van der Waals surface area (Å²) in [6.07, 6.45) is -1.64. The minimum Gasteiger partial charge on any atom is -0.394 e. The van der Waals surface area contributed by atoms with Gasteiger partial charge in [-0.15, -0.1) is 12.6 Å². The third kappa shape index (κ3) is 9.47. The predicted molar refractivity (Wildman–Crippen MR) is 114 cm³/mol. The Hall–Kier alpha value is -0.520. The van der Waals surface area contributed by atoms with Crippen LogP contribution in [0.4, 0.5) is 0 Å². The number of ether oxygens (including phenoxy) is 1. The minimum atomic E-state index is -4.97. The third-order valence-corrected chi connectivity index (χ3v) is 6.72. The molecule has 1 saturated heterocycles. The van der Waals surface area contributed by atoms with Crippen LogP contribution in [0.1, 0.15) is 44.9 Å². The molecule has 0 unspecified atom stereocenters. The zero-order chi connectivity index (χ0) is 23.9. The van der Waals surface area contributed by atoms with E-state index in [4.69, 9.17) is 9.29 Å². The maximum atomic E-state index is 11.1. The third-order valence-electron chi connectivity index (χ3n) is 4.80. The Balaban J connectivity index is 2.77. The molecule has 1 aliphatic rings. The highest BCUT2D eigenvalue weighted by Gasteiger charge is 2.54. The molecule has 0 radical (unpaired) electrons. The zero-order valence-corrected chi connectivity index (χ0v) is 19.6. The fraction of sp³-hybridized carbons (Fsp3) is 0.938. The highest BCUT2D eigenvalue weighted by molar-refractivity contribution is 7.90. The molecule has 5 atom stereocenters. The van der Waals surface area contributed by atoms with Crippen molar-refractivity contribution in [2.75, 3.05) is 18.6 Å². The molecule has 0 aromatic rings. The number of nitrogens with zero attached hydrogens (tertiary/aromatic N) is 1. The molecule has 1 rings (SSSR count). The van der Waals surface area contributed by atoms with Gasteiger partial charge in [-0.2, -0.15) is 8.42 Å². The van der Waals surface area contributed by atoms with Gasteiger partial charge in [-0.1, -0.05) is 30.8 Å². The van der Waals surface area contributed by atoms with Crippen LogP contribution in [0.2, 0.25) is 0 Å². The molecule has 0 aliphatic carbocycles. The number of thiol groups is 1. The molecule has 15 heteroatoms. The Bertz CT molecular complexity index is 800. The Morgan fingerprint density at radius 2 is 1.58 bits per heavy atom. The van der Waals surface area contributed by atoms with Crippen molar-refractivity contribution < 1.29 is 50.8 Å². The highest BCUT2D eigenvalue weighted by Crippen LogP contribution is 2.36. The van der Waals surface area contributed by atoms with Gasteiger partial charge in [0.25, 0.3) is 0 Å². The van der Waals surface area contributed by atoms with Crippen LogP contribution in [-0.4, -0.2) is 95.5 Å². The summed E-state index contributed by atoms with van der Waals surface area (Å²) < 4.78 is 62.3. The van der Waals surface area contributed by atoms with E-state index >= 15 is 0 Å². The molecule has 0 saturated carbocycles. The van der Waals surface area contributed by atoms with Gasteiger partial charge in [0.05, 0.1) is 6.61 Å². The maximum absolute atomic E-state index is 11.1. The molecule has 31 heavy (non-hydrogen) atoms. The largest absolute Gasteiger partial charge is 0.466 e. The van der Waals surface area contributed by atoms with E-state index < -0.39 is 56.2 Å². The first-order valence-corrected chi connectivity index (χ1v) is 13.5. The van der Waals surface area contributed by atoms with E-state index in [1.54, 1.807) is 0 Å². The van der Waals surface area contributed by atoms with Gasteiger partial charge in [-0.25, -0.2) is 12.7 Å². The molecule has 0 aromatic carbocycles. The first kappa shape index (κ1) is 28.5. The van der Waals surface area contributed by atoms with E-state index in [1.165, 1.54) is 6.26 Å². The van der Waals surface area contributed by atoms with Crippen LogP contribution >= 0.6 is 12.6 Å². The van der Waals surface area contributed by atoms with Gasteiger partial charge in [0.15, 0.2) is 4.93 Å². The molecule has 0 bridgehead atoms. The minimum absolute atomic E-state index is 0.0135. The second kappa shape index (κ2) is 12.1. The lowest BCUT2D eigenvalue weighted by molar-refractivity contribution is -0.222. The number of aliphatic hydroxyl groups excluding tert-OH is 4. The molecular weight excluding hydrogens is 478 g/mol. The second-order valence-electron chi connectivity index (χ2n) is 7.50. The second-order valence-corrected chi connectivity index (χ2v) is 11.4. The van der Waals surface area contributed by atoms with E-state index in [1.807, 2.05) is 0 Å². The van der Waals surface area contributed by atoms with Crippen LogP contribution in [0.25, 0.3) is 0 Å². The van der Waals surface area contributed by atoms with Gasteiger partial charge < -0.3 is 25.2 Å². The van der Waals surface area contributed by atoms with Crippen molar-refractivity contribution in [2.45, 2.75) is 74.3 Å². The number of rotatable bonds is 13. The molecule has 1 fully saturated rings. The topological polar surface area (TPSA) is 200 Å². The molecule has 1 aliphatic heterocycles. The van der Waals surface area contributed by atoms with Gasteiger partial charge in [-0.05, 0) is 19.3 Å². The Kier molecular flexibility index (Phi) is 11.1. The Morgan fingerprint density at radius 3 is 2.10 bits per heavy atom. The standard InChI is InChI=1S/C16H31NO11S3/c1-30(22,23)9-7-5-3-2-4-6-8-12(17-28-31(24,25)26)16(29)15(21)14(20)13(19)11(10-18)27-16/h11,13-15,18-21,29H,2-10H2,1H3,(H,24,25,26)/b17-12+/t11-,13-,14+,15-,16+/m1/s1. The van der Waals surface area contributed by atoms with E-state index in [0.717, 1.165) is 19.3 Å². The van der Waals surface area contributed by atoms with E-state index in [2.05, 4.69) is 22.1 Å². The maximum Gasteiger partial charge on any atom is 0.466 e. The SMILES string of the molecule is CS(=O)(=O)CCCCCCCC/C(=N\OS(=O)(=O)O)[C@@]1(S)O[C@H](CO)[C@@H](O)[C@H](O)[C@H]1O. The van der Waals surface area contributed by atoms with Crippen LogP contribution in [-0.2, 0) is 29.3 Å². The molecule has 5 N–H and O–H groups in total. The molecule has 0 amide bonds. The molecule has 184 valence electrons. The average Bonchev–Trinajstić information content (AvgIpc) is 2.65. The lowest BCUT2D eigenvalue weighted by atomic mass is 9.90. The summed E-state index contributed by atoms with van der Waals surface area (Å²) in [6, 6.07) is 0. The summed E-state index contributed by atoms with van der Waals surface area (Å²) in [5.41, 5.74) is -0.276. The average molecular weight is 510 g/mol. The van der Waals surface area contributed by atoms with Crippen molar-refractivity contribution in [3.05, 3.63) is 0 Å². The van der Waals surface area contributed by atoms with Gasteiger partial charge >= 0.3 is 10.4 Å². The lowest BCUT2D eigenvalue weighted by Crippen LogP contribution is -2.65. The Labute approximate surface area is 187 Å². The van der Waals surface area contributed by atoms with Gasteiger partial charge in [0.1, 0.15) is 40.0 Å². The van der Waals surface area contributed by atoms with Crippen molar-refractivity contribution in [1.82, 2.24) is 0 Å². The van der Waals surface area contributed by atoms with Crippen molar-refractivity contribution in [3.63, 3.8) is 0 Å². The van der Waals surface area contributed by atoms with E-state index in [-0.39, 0.29) is 17.9 Å². The number of unbranched alkanes of at least 4 members (excludes halogenated alkanes) is 5. The first-order chi connectivity index (χ1) is 14.2. The smallest absolute Gasteiger partial charge is 0.394 e. The van der Waals surface area contributed by atoms with Gasteiger partial charge in [-0.3, -0.25) is 4.55 Å². The summed E-state index contributed by atoms with van der Waals surface area (Å²) in [5, 5.41) is 43.0. The molecule has 12 nitrogen and oxygen atoms in total. The summed E-state index contributed by atoms with van der Waals surface area (Å²) in [4.78, 5) is -2.10. The summed E-state index contributed by atoms with van der Waals surface area (Å²) in [5.74, 6) is 0.119. The quantitative estimate of drug-likeness (QED) is 0.0587. The fourth-order valence-corrected chi connectivity index (χ4v) is 4.49. The van der Waals surface area contributed by atoms with Crippen LogP contribution in [0.5, 0.6) is 0 Å². The molecule has 1 heterocycles. The summed E-state index contributed by atoms with van der Waals surface area (Å²) >= 11 is 4.18. The normalized spacial score (nSPS) is 30.4. The molecule has 0 aromatic heterocycles. The zero-order valence-electron chi connectivity index (χ0n) is 17.1. The van der Waals surface area contributed by atoms with Crippen molar-refractivity contribution >= 4 is 38.6 Å². The highest BCUT2D eigenvalue weighted by atomic mass is 32.3. The van der Waals surface area contributed by atoms with Gasteiger partial charge in [0.2, 0.25) is 0 Å². The van der Waals surface area contributed by atoms with Crippen LogP contribution in [0, 0.1) is 0 Å². The number of oxime groups is 1. The number of hydrogen-bond acceptors (Lipinski definition) is 12. The number of aliphatic hydroxyl groups is 4. The van der Waals surface area contributed by atoms with Crippen molar-refractivity contribution in [3.8, 4) is 0 Å². The van der Waals surface area contributed by atoms with E-state index in [0.29, 0.717) is 19.3 Å². The monoisotopic (exact) mass is 509 g/mol. The van der Waals surface area contributed by atoms with Gasteiger partial charge in [0, 0.05) is 12.0 Å². The van der Waals surface area contributed by atoms with Crippen molar-refractivity contribution in [2.24, 2.45) is 5.16 Å².